The summed E-state index contributed by atoms with van der Waals surface area (Å²) in [5.74, 6) is -0.294. The molecular formula is C14H27N3O5. The molecule has 0 aromatic carbocycles. The Morgan fingerprint density at radius 2 is 1.82 bits per heavy atom. The molecule has 22 heavy (non-hydrogen) atoms. The van der Waals surface area contributed by atoms with E-state index in [1.54, 1.807) is 16.9 Å². The van der Waals surface area contributed by atoms with E-state index in [-0.39, 0.29) is 18.5 Å². The van der Waals surface area contributed by atoms with Gasteiger partial charge in [0.05, 0.1) is 6.61 Å². The van der Waals surface area contributed by atoms with E-state index in [0.29, 0.717) is 58.6 Å². The van der Waals surface area contributed by atoms with Crippen LogP contribution in [0, 0.1) is 0 Å². The standard InChI is InChI=1S/C14H27N3O5/c1-22-11-5-15-14(21)17-8-6-16(7-9-17)13(20)12(19)4-2-3-10-18/h12,18-19H,2-11H2,1H3,(H,15,21). The summed E-state index contributed by atoms with van der Waals surface area (Å²) in [7, 11) is 1.57. The molecular weight excluding hydrogens is 290 g/mol. The third-order valence-corrected chi connectivity index (χ3v) is 3.63. The first-order valence-corrected chi connectivity index (χ1v) is 7.69. The van der Waals surface area contributed by atoms with Crippen LogP contribution in [0.25, 0.3) is 0 Å². The number of ether oxygens (including phenoxy) is 1. The Morgan fingerprint density at radius 1 is 1.18 bits per heavy atom. The van der Waals surface area contributed by atoms with E-state index < -0.39 is 6.10 Å². The molecule has 0 aliphatic carbocycles. The monoisotopic (exact) mass is 317 g/mol. The van der Waals surface area contributed by atoms with Gasteiger partial charge in [0, 0.05) is 46.4 Å². The minimum atomic E-state index is -1.02. The van der Waals surface area contributed by atoms with Crippen molar-refractivity contribution in [1.29, 1.82) is 0 Å². The lowest BCUT2D eigenvalue weighted by Gasteiger charge is -2.35. The molecule has 1 aliphatic rings. The number of methoxy groups -OCH3 is 1. The molecule has 128 valence electrons. The average molecular weight is 317 g/mol. The van der Waals surface area contributed by atoms with Crippen LogP contribution in [0.4, 0.5) is 4.79 Å². The van der Waals surface area contributed by atoms with Gasteiger partial charge in [0.25, 0.3) is 5.91 Å². The first-order chi connectivity index (χ1) is 10.6. The number of hydrogen-bond acceptors (Lipinski definition) is 5. The van der Waals surface area contributed by atoms with E-state index in [2.05, 4.69) is 5.32 Å². The van der Waals surface area contributed by atoms with Crippen LogP contribution in [-0.4, -0.2) is 91.1 Å². The Bertz CT molecular complexity index is 345. The molecule has 1 heterocycles. The summed E-state index contributed by atoms with van der Waals surface area (Å²) in [4.78, 5) is 27.1. The lowest BCUT2D eigenvalue weighted by atomic mass is 10.1. The first-order valence-electron chi connectivity index (χ1n) is 7.69. The number of nitrogens with one attached hydrogen (secondary N) is 1. The van der Waals surface area contributed by atoms with Crippen LogP contribution in [0.1, 0.15) is 19.3 Å². The maximum Gasteiger partial charge on any atom is 0.317 e. The first kappa shape index (κ1) is 18.7. The second-order valence-electron chi connectivity index (χ2n) is 5.27. The van der Waals surface area contributed by atoms with E-state index in [1.807, 2.05) is 0 Å². The van der Waals surface area contributed by atoms with Crippen molar-refractivity contribution in [1.82, 2.24) is 15.1 Å². The number of aliphatic hydroxyl groups is 2. The third kappa shape index (κ3) is 6.17. The Balaban J connectivity index is 2.28. The van der Waals surface area contributed by atoms with E-state index in [1.165, 1.54) is 0 Å². The van der Waals surface area contributed by atoms with E-state index >= 15 is 0 Å². The fraction of sp³-hybridized carbons (Fsp3) is 0.857. The van der Waals surface area contributed by atoms with Crippen molar-refractivity contribution >= 4 is 11.9 Å². The minimum absolute atomic E-state index is 0.0672. The van der Waals surface area contributed by atoms with E-state index in [9.17, 15) is 14.7 Å². The zero-order valence-corrected chi connectivity index (χ0v) is 13.2. The van der Waals surface area contributed by atoms with Crippen molar-refractivity contribution in [3.63, 3.8) is 0 Å². The number of piperazine rings is 1. The lowest BCUT2D eigenvalue weighted by molar-refractivity contribution is -0.142. The van der Waals surface area contributed by atoms with Crippen LogP contribution < -0.4 is 5.32 Å². The van der Waals surface area contributed by atoms with Crippen LogP contribution in [0.5, 0.6) is 0 Å². The van der Waals surface area contributed by atoms with Gasteiger partial charge in [0.15, 0.2) is 0 Å². The molecule has 0 saturated carbocycles. The van der Waals surface area contributed by atoms with Crippen molar-refractivity contribution < 1.29 is 24.5 Å². The second kappa shape index (κ2) is 10.4. The normalized spacial score (nSPS) is 16.5. The van der Waals surface area contributed by atoms with Gasteiger partial charge in [-0.25, -0.2) is 4.79 Å². The molecule has 1 fully saturated rings. The van der Waals surface area contributed by atoms with Gasteiger partial charge in [-0.3, -0.25) is 4.79 Å². The third-order valence-electron chi connectivity index (χ3n) is 3.63. The van der Waals surface area contributed by atoms with Crippen molar-refractivity contribution in [3.05, 3.63) is 0 Å². The smallest absolute Gasteiger partial charge is 0.317 e. The average Bonchev–Trinajstić information content (AvgIpc) is 2.54. The molecule has 1 aliphatic heterocycles. The molecule has 1 rings (SSSR count). The van der Waals surface area contributed by atoms with Crippen LogP contribution in [-0.2, 0) is 9.53 Å². The second-order valence-corrected chi connectivity index (χ2v) is 5.27. The maximum absolute atomic E-state index is 12.1. The molecule has 0 aromatic heterocycles. The molecule has 3 amide bonds. The van der Waals surface area contributed by atoms with Crippen molar-refractivity contribution in [2.75, 3.05) is 53.0 Å². The Hall–Kier alpha value is -1.38. The van der Waals surface area contributed by atoms with Gasteiger partial charge >= 0.3 is 6.03 Å². The summed E-state index contributed by atoms with van der Waals surface area (Å²) in [6.45, 7) is 2.74. The largest absolute Gasteiger partial charge is 0.396 e. The number of aliphatic hydroxyl groups excluding tert-OH is 2. The summed E-state index contributed by atoms with van der Waals surface area (Å²) >= 11 is 0. The lowest BCUT2D eigenvalue weighted by Crippen LogP contribution is -2.55. The highest BCUT2D eigenvalue weighted by molar-refractivity contribution is 5.81. The van der Waals surface area contributed by atoms with Crippen LogP contribution >= 0.6 is 0 Å². The number of rotatable bonds is 8. The molecule has 8 heteroatoms. The number of carbonyl (C=O) groups excluding carboxylic acids is 2. The topological polar surface area (TPSA) is 102 Å². The summed E-state index contributed by atoms with van der Waals surface area (Å²) in [6.07, 6.45) is 0.538. The van der Waals surface area contributed by atoms with Crippen LogP contribution in [0.15, 0.2) is 0 Å². The summed E-state index contributed by atoms with van der Waals surface area (Å²) in [5, 5.41) is 21.3. The van der Waals surface area contributed by atoms with E-state index in [0.717, 1.165) is 0 Å². The Morgan fingerprint density at radius 3 is 2.41 bits per heavy atom. The molecule has 8 nitrogen and oxygen atoms in total. The number of unbranched alkanes of at least 4 members (excludes halogenated alkanes) is 1. The van der Waals surface area contributed by atoms with Crippen molar-refractivity contribution in [3.8, 4) is 0 Å². The number of hydrogen-bond donors (Lipinski definition) is 3. The molecule has 1 saturated heterocycles. The maximum atomic E-state index is 12.1. The summed E-state index contributed by atoms with van der Waals surface area (Å²) in [6, 6.07) is -0.160. The number of carbonyl (C=O) groups is 2. The quantitative estimate of drug-likeness (QED) is 0.499. The predicted molar refractivity (Wildman–Crippen MR) is 80.4 cm³/mol. The fourth-order valence-corrected chi connectivity index (χ4v) is 2.29. The van der Waals surface area contributed by atoms with Gasteiger partial charge in [-0.05, 0) is 19.3 Å². The molecule has 1 atom stereocenters. The highest BCUT2D eigenvalue weighted by Crippen LogP contribution is 2.08. The number of nitrogens with zero attached hydrogens (tertiary/aromatic N) is 2. The van der Waals surface area contributed by atoms with Crippen LogP contribution in [0.2, 0.25) is 0 Å². The highest BCUT2D eigenvalue weighted by Gasteiger charge is 2.27. The van der Waals surface area contributed by atoms with Gasteiger partial charge in [-0.1, -0.05) is 0 Å². The zero-order chi connectivity index (χ0) is 16.4. The van der Waals surface area contributed by atoms with Crippen LogP contribution in [0.3, 0.4) is 0 Å². The molecule has 0 spiro atoms. The molecule has 0 bridgehead atoms. The van der Waals surface area contributed by atoms with Crippen molar-refractivity contribution in [2.45, 2.75) is 25.4 Å². The zero-order valence-electron chi connectivity index (χ0n) is 13.2. The Kier molecular flexibility index (Phi) is 8.79. The van der Waals surface area contributed by atoms with Crippen molar-refractivity contribution in [2.24, 2.45) is 0 Å². The molecule has 3 N–H and O–H groups in total. The fourth-order valence-electron chi connectivity index (χ4n) is 2.29. The van der Waals surface area contributed by atoms with Gasteiger partial charge in [-0.2, -0.15) is 0 Å². The van der Waals surface area contributed by atoms with Gasteiger partial charge in [0.2, 0.25) is 0 Å². The van der Waals surface area contributed by atoms with Gasteiger partial charge in [0.1, 0.15) is 6.10 Å². The summed E-state index contributed by atoms with van der Waals surface area (Å²) in [5.41, 5.74) is 0. The molecule has 0 aromatic rings. The van der Waals surface area contributed by atoms with E-state index in [4.69, 9.17) is 9.84 Å². The van der Waals surface area contributed by atoms with Gasteiger partial charge in [-0.15, -0.1) is 0 Å². The number of amides is 3. The highest BCUT2D eigenvalue weighted by atomic mass is 16.5. The predicted octanol–water partition coefficient (Wildman–Crippen LogP) is -0.990. The minimum Gasteiger partial charge on any atom is -0.396 e. The van der Waals surface area contributed by atoms with Gasteiger partial charge < -0.3 is 30.1 Å². The number of urea groups is 1. The summed E-state index contributed by atoms with van der Waals surface area (Å²) < 4.78 is 4.87. The Labute approximate surface area is 131 Å². The molecule has 1 unspecified atom stereocenters. The SMILES string of the molecule is COCCNC(=O)N1CCN(C(=O)C(O)CCCCO)CC1. The molecule has 0 radical (unpaired) electrons.